The lowest BCUT2D eigenvalue weighted by Gasteiger charge is -2.24. The Morgan fingerprint density at radius 1 is 1.20 bits per heavy atom. The number of sulfonamides is 1. The molecule has 0 saturated carbocycles. The summed E-state index contributed by atoms with van der Waals surface area (Å²) in [7, 11) is -3.48. The maximum Gasteiger partial charge on any atom is 0.232 e. The number of carbonyl (C=O) groups is 1. The van der Waals surface area contributed by atoms with Gasteiger partial charge in [0.15, 0.2) is 0 Å². The molecule has 2 aromatic carbocycles. The van der Waals surface area contributed by atoms with E-state index in [2.05, 4.69) is 23.5 Å². The number of carbonyl (C=O) groups excluding carboxylic acids is 1. The topological polar surface area (TPSA) is 66.5 Å². The highest BCUT2D eigenvalue weighted by Crippen LogP contribution is 2.29. The van der Waals surface area contributed by atoms with Crippen molar-refractivity contribution in [1.82, 2.24) is 5.32 Å². The number of nitrogens with one attached hydrogen (secondary N) is 1. The molecule has 162 valence electrons. The zero-order valence-corrected chi connectivity index (χ0v) is 19.3. The zero-order chi connectivity index (χ0) is 21.9. The Balaban J connectivity index is 1.58. The first kappa shape index (κ1) is 22.6. The molecule has 0 heterocycles. The number of benzene rings is 2. The third-order valence-electron chi connectivity index (χ3n) is 5.67. The van der Waals surface area contributed by atoms with Crippen LogP contribution in [0.4, 0.5) is 5.69 Å². The van der Waals surface area contributed by atoms with Crippen molar-refractivity contribution in [3.8, 4) is 0 Å². The molecule has 0 fully saturated rings. The minimum absolute atomic E-state index is 0.0791. The predicted octanol–water partition coefficient (Wildman–Crippen LogP) is 4.56. The molecule has 1 aliphatic carbocycles. The summed E-state index contributed by atoms with van der Waals surface area (Å²) in [5, 5.41) is 3.55. The molecule has 1 aliphatic rings. The van der Waals surface area contributed by atoms with Gasteiger partial charge in [0.05, 0.1) is 18.0 Å². The highest BCUT2D eigenvalue weighted by atomic mass is 35.5. The molecule has 0 bridgehead atoms. The van der Waals surface area contributed by atoms with Crippen molar-refractivity contribution in [2.75, 3.05) is 17.1 Å². The molecule has 7 heteroatoms. The number of hydrogen-bond acceptors (Lipinski definition) is 3. The van der Waals surface area contributed by atoms with Crippen LogP contribution < -0.4 is 9.62 Å². The van der Waals surface area contributed by atoms with Gasteiger partial charge in [-0.25, -0.2) is 8.42 Å². The number of halogens is 1. The van der Waals surface area contributed by atoms with E-state index in [9.17, 15) is 13.2 Å². The first-order valence-electron chi connectivity index (χ1n) is 10.3. The van der Waals surface area contributed by atoms with E-state index in [1.807, 2.05) is 6.92 Å². The van der Waals surface area contributed by atoms with Crippen LogP contribution in [0.3, 0.4) is 0 Å². The second-order valence-electron chi connectivity index (χ2n) is 7.99. The summed E-state index contributed by atoms with van der Waals surface area (Å²) < 4.78 is 25.9. The predicted molar refractivity (Wildman–Crippen MR) is 123 cm³/mol. The molecule has 2 aromatic rings. The Kier molecular flexibility index (Phi) is 7.09. The standard InChI is InChI=1S/C23H29ClN2O3S/c1-16-21(24)9-5-10-22(16)26(30(3,28)29)14-6-11-23(27)25-17(2)19-13-12-18-7-4-8-20(18)15-19/h5,9-10,12-13,15,17H,4,6-8,11,14H2,1-3H3,(H,25,27)/t17-/m0/s1. The van der Waals surface area contributed by atoms with E-state index in [-0.39, 0.29) is 24.9 Å². The Bertz CT molecular complexity index is 1040. The number of rotatable bonds is 8. The van der Waals surface area contributed by atoms with E-state index >= 15 is 0 Å². The van der Waals surface area contributed by atoms with Crippen LogP contribution in [-0.2, 0) is 27.7 Å². The van der Waals surface area contributed by atoms with Crippen molar-refractivity contribution in [2.24, 2.45) is 0 Å². The highest BCUT2D eigenvalue weighted by Gasteiger charge is 2.21. The van der Waals surface area contributed by atoms with E-state index in [0.717, 1.165) is 18.4 Å². The van der Waals surface area contributed by atoms with Gasteiger partial charge in [-0.3, -0.25) is 9.10 Å². The summed E-state index contributed by atoms with van der Waals surface area (Å²) in [6.07, 6.45) is 5.28. The third-order valence-corrected chi connectivity index (χ3v) is 7.26. The number of hydrogen-bond donors (Lipinski definition) is 1. The van der Waals surface area contributed by atoms with E-state index in [0.29, 0.717) is 22.7 Å². The monoisotopic (exact) mass is 448 g/mol. The molecule has 0 unspecified atom stereocenters. The van der Waals surface area contributed by atoms with Crippen LogP contribution in [-0.4, -0.2) is 27.1 Å². The lowest BCUT2D eigenvalue weighted by Crippen LogP contribution is -2.33. The lowest BCUT2D eigenvalue weighted by molar-refractivity contribution is -0.121. The Labute approximate surface area is 184 Å². The van der Waals surface area contributed by atoms with Crippen molar-refractivity contribution in [1.29, 1.82) is 0 Å². The van der Waals surface area contributed by atoms with Gasteiger partial charge in [-0.15, -0.1) is 0 Å². The molecular formula is C23H29ClN2O3S. The smallest absolute Gasteiger partial charge is 0.232 e. The third kappa shape index (κ3) is 5.35. The molecule has 1 atom stereocenters. The Morgan fingerprint density at radius 3 is 2.67 bits per heavy atom. The molecule has 0 spiro atoms. The van der Waals surface area contributed by atoms with Crippen LogP contribution in [0.5, 0.6) is 0 Å². The largest absolute Gasteiger partial charge is 0.350 e. The number of nitrogens with zero attached hydrogens (tertiary/aromatic N) is 1. The average Bonchev–Trinajstić information content (AvgIpc) is 3.14. The maximum absolute atomic E-state index is 12.4. The van der Waals surface area contributed by atoms with Gasteiger partial charge < -0.3 is 5.32 Å². The second kappa shape index (κ2) is 9.40. The van der Waals surface area contributed by atoms with Gasteiger partial charge >= 0.3 is 0 Å². The molecule has 0 aromatic heterocycles. The lowest BCUT2D eigenvalue weighted by atomic mass is 10.0. The minimum atomic E-state index is -3.48. The molecule has 3 rings (SSSR count). The maximum atomic E-state index is 12.4. The summed E-state index contributed by atoms with van der Waals surface area (Å²) >= 11 is 6.16. The number of aryl methyl sites for hydroxylation is 2. The van der Waals surface area contributed by atoms with Gasteiger partial charge in [0.25, 0.3) is 0 Å². The first-order valence-corrected chi connectivity index (χ1v) is 12.5. The Morgan fingerprint density at radius 2 is 1.93 bits per heavy atom. The van der Waals surface area contributed by atoms with Crippen molar-refractivity contribution in [2.45, 2.75) is 52.0 Å². The van der Waals surface area contributed by atoms with Crippen molar-refractivity contribution < 1.29 is 13.2 Å². The molecular weight excluding hydrogens is 420 g/mol. The average molecular weight is 449 g/mol. The second-order valence-corrected chi connectivity index (χ2v) is 10.3. The van der Waals surface area contributed by atoms with E-state index in [1.165, 1.54) is 28.1 Å². The molecule has 30 heavy (non-hydrogen) atoms. The van der Waals surface area contributed by atoms with E-state index < -0.39 is 10.0 Å². The normalized spacial score (nSPS) is 14.3. The number of fused-ring (bicyclic) bond motifs is 1. The number of anilines is 1. The summed E-state index contributed by atoms with van der Waals surface area (Å²) in [4.78, 5) is 12.4. The SMILES string of the molecule is Cc1c(Cl)cccc1N(CCCC(=O)N[C@@H](C)c1ccc2c(c1)CCC2)S(C)(=O)=O. The molecule has 1 amide bonds. The van der Waals surface area contributed by atoms with Gasteiger partial charge in [0.1, 0.15) is 0 Å². The van der Waals surface area contributed by atoms with Crippen molar-refractivity contribution >= 4 is 33.2 Å². The molecule has 5 nitrogen and oxygen atoms in total. The summed E-state index contributed by atoms with van der Waals surface area (Å²) in [5.41, 5.74) is 5.16. The summed E-state index contributed by atoms with van der Waals surface area (Å²) in [6, 6.07) is 11.6. The van der Waals surface area contributed by atoms with Crippen LogP contribution in [0.2, 0.25) is 5.02 Å². The summed E-state index contributed by atoms with van der Waals surface area (Å²) in [6.45, 7) is 3.99. The van der Waals surface area contributed by atoms with Gasteiger partial charge in [-0.2, -0.15) is 0 Å². The minimum Gasteiger partial charge on any atom is -0.350 e. The molecule has 1 N–H and O–H groups in total. The van der Waals surface area contributed by atoms with E-state index in [4.69, 9.17) is 11.6 Å². The number of amides is 1. The van der Waals surface area contributed by atoms with Crippen LogP contribution >= 0.6 is 11.6 Å². The fraction of sp³-hybridized carbons (Fsp3) is 0.435. The van der Waals surface area contributed by atoms with Gasteiger partial charge in [-0.05, 0) is 73.9 Å². The first-order chi connectivity index (χ1) is 14.2. The fourth-order valence-corrected chi connectivity index (χ4v) is 5.16. The fourth-order valence-electron chi connectivity index (χ4n) is 3.97. The van der Waals surface area contributed by atoms with Crippen LogP contribution in [0.25, 0.3) is 0 Å². The van der Waals surface area contributed by atoms with Gasteiger partial charge in [-0.1, -0.05) is 35.9 Å². The molecule has 0 saturated heterocycles. The zero-order valence-electron chi connectivity index (χ0n) is 17.7. The molecule has 0 radical (unpaired) electrons. The van der Waals surface area contributed by atoms with Crippen LogP contribution in [0, 0.1) is 6.92 Å². The quantitative estimate of drug-likeness (QED) is 0.643. The van der Waals surface area contributed by atoms with Crippen molar-refractivity contribution in [3.63, 3.8) is 0 Å². The van der Waals surface area contributed by atoms with Gasteiger partial charge in [0, 0.05) is 18.0 Å². The summed E-state index contributed by atoms with van der Waals surface area (Å²) in [5.74, 6) is -0.0840. The van der Waals surface area contributed by atoms with E-state index in [1.54, 1.807) is 25.1 Å². The van der Waals surface area contributed by atoms with Crippen LogP contribution in [0.15, 0.2) is 36.4 Å². The van der Waals surface area contributed by atoms with Gasteiger partial charge in [0.2, 0.25) is 15.9 Å². The molecule has 0 aliphatic heterocycles. The van der Waals surface area contributed by atoms with Crippen molar-refractivity contribution in [3.05, 3.63) is 63.7 Å². The van der Waals surface area contributed by atoms with Crippen LogP contribution in [0.1, 0.15) is 54.5 Å². The Hall–Kier alpha value is -2.05. The highest BCUT2D eigenvalue weighted by molar-refractivity contribution is 7.92.